The number of benzene rings is 2. The maximum atomic E-state index is 12.5. The number of amides is 1. The highest BCUT2D eigenvalue weighted by atomic mass is 16.5. The van der Waals surface area contributed by atoms with Crippen LogP contribution in [0.3, 0.4) is 0 Å². The predicted molar refractivity (Wildman–Crippen MR) is 109 cm³/mol. The maximum Gasteiger partial charge on any atom is 0.409 e. The highest BCUT2D eigenvalue weighted by molar-refractivity contribution is 5.73. The molecule has 0 unspecified atom stereocenters. The zero-order valence-electron chi connectivity index (χ0n) is 15.8. The number of rotatable bonds is 5. The fraction of sp³-hybridized carbons (Fsp3) is 0.0500. The summed E-state index contributed by atoms with van der Waals surface area (Å²) in [5.41, 5.74) is 6.66. The third-order valence-electron chi connectivity index (χ3n) is 4.16. The highest BCUT2D eigenvalue weighted by Gasteiger charge is 2.11. The number of nitrogens with one attached hydrogen (secondary N) is 1. The molecule has 30 heavy (non-hydrogen) atoms. The number of carbonyl (C=O) groups excluding carboxylic acids is 1. The van der Waals surface area contributed by atoms with Crippen LogP contribution in [0.2, 0.25) is 0 Å². The summed E-state index contributed by atoms with van der Waals surface area (Å²) in [6, 6.07) is 13.5. The molecule has 0 fully saturated rings. The zero-order chi connectivity index (χ0) is 21.1. The van der Waals surface area contributed by atoms with Gasteiger partial charge < -0.3 is 20.5 Å². The van der Waals surface area contributed by atoms with Gasteiger partial charge in [-0.15, -0.1) is 0 Å². The lowest BCUT2D eigenvalue weighted by Gasteiger charge is -2.11. The average Bonchev–Trinajstić information content (AvgIpc) is 2.75. The van der Waals surface area contributed by atoms with Gasteiger partial charge in [-0.25, -0.2) is 14.8 Å². The van der Waals surface area contributed by atoms with Crippen LogP contribution in [-0.4, -0.2) is 32.7 Å². The number of hydrogen-bond donors (Lipinski definition) is 2. The summed E-state index contributed by atoms with van der Waals surface area (Å²) in [6.45, 7) is 0. The lowest BCUT2D eigenvalue weighted by molar-refractivity contribution is 0.211. The monoisotopic (exact) mass is 404 g/mol. The van der Waals surface area contributed by atoms with Gasteiger partial charge in [-0.05, 0) is 48.5 Å². The number of ether oxygens (including phenoxy) is 2. The molecule has 0 saturated carbocycles. The van der Waals surface area contributed by atoms with Crippen LogP contribution < -0.4 is 26.1 Å². The van der Waals surface area contributed by atoms with Gasteiger partial charge in [0.05, 0.1) is 25.2 Å². The first-order chi connectivity index (χ1) is 14.5. The summed E-state index contributed by atoms with van der Waals surface area (Å²) in [5.74, 6) is 1.28. The first-order valence-electron chi connectivity index (χ1n) is 8.77. The lowest BCUT2D eigenvalue weighted by Crippen LogP contribution is -2.20. The zero-order valence-corrected chi connectivity index (χ0v) is 15.8. The van der Waals surface area contributed by atoms with Crippen molar-refractivity contribution in [3.8, 4) is 17.2 Å². The Bertz CT molecular complexity index is 1270. The minimum Gasteiger partial charge on any atom is -0.497 e. The minimum atomic E-state index is -0.920. The molecule has 4 aromatic rings. The molecule has 2 heterocycles. The van der Waals surface area contributed by atoms with Crippen LogP contribution in [0.25, 0.3) is 16.9 Å². The van der Waals surface area contributed by atoms with Crippen LogP contribution in [0.4, 0.5) is 16.4 Å². The second kappa shape index (κ2) is 7.87. The summed E-state index contributed by atoms with van der Waals surface area (Å²) in [6.07, 6.45) is 1.79. The lowest BCUT2D eigenvalue weighted by atomic mass is 10.3. The Morgan fingerprint density at radius 2 is 1.70 bits per heavy atom. The Balaban J connectivity index is 1.73. The Morgan fingerprint density at radius 1 is 1.00 bits per heavy atom. The second-order valence-electron chi connectivity index (χ2n) is 6.10. The molecule has 0 radical (unpaired) electrons. The van der Waals surface area contributed by atoms with Gasteiger partial charge >= 0.3 is 6.09 Å². The predicted octanol–water partition coefficient (Wildman–Crippen LogP) is 2.39. The summed E-state index contributed by atoms with van der Waals surface area (Å²) >= 11 is 0. The molecule has 0 bridgehead atoms. The summed E-state index contributed by atoms with van der Waals surface area (Å²) in [4.78, 5) is 36.2. The van der Waals surface area contributed by atoms with Crippen molar-refractivity contribution in [1.82, 2.24) is 19.5 Å². The fourth-order valence-corrected chi connectivity index (χ4v) is 2.80. The van der Waals surface area contributed by atoms with Crippen molar-refractivity contribution in [1.29, 1.82) is 0 Å². The Labute approximate surface area is 169 Å². The van der Waals surface area contributed by atoms with Crippen molar-refractivity contribution in [2.45, 2.75) is 0 Å². The molecule has 0 spiro atoms. The van der Waals surface area contributed by atoms with Crippen molar-refractivity contribution >= 4 is 28.9 Å². The van der Waals surface area contributed by atoms with E-state index in [0.717, 1.165) is 11.4 Å². The van der Waals surface area contributed by atoms with Gasteiger partial charge in [-0.2, -0.15) is 4.98 Å². The van der Waals surface area contributed by atoms with E-state index in [0.29, 0.717) is 22.8 Å². The molecular formula is C20H16N6O4. The number of carbonyl (C=O) groups is 1. The molecule has 2 aromatic carbocycles. The molecule has 2 aromatic heterocycles. The molecular weight excluding hydrogens is 388 g/mol. The van der Waals surface area contributed by atoms with Crippen LogP contribution in [0.1, 0.15) is 0 Å². The normalized spacial score (nSPS) is 10.6. The number of anilines is 2. The Morgan fingerprint density at radius 3 is 2.37 bits per heavy atom. The van der Waals surface area contributed by atoms with Crippen LogP contribution in [0.15, 0.2) is 65.7 Å². The first-order valence-corrected chi connectivity index (χ1v) is 8.77. The number of hydrogen-bond acceptors (Lipinski definition) is 8. The molecule has 0 saturated heterocycles. The quantitative estimate of drug-likeness (QED) is 0.518. The third kappa shape index (κ3) is 3.87. The van der Waals surface area contributed by atoms with Crippen molar-refractivity contribution in [2.75, 3.05) is 12.4 Å². The number of nitrogens with two attached hydrogens (primary N) is 1. The second-order valence-corrected chi connectivity index (χ2v) is 6.10. The highest BCUT2D eigenvalue weighted by Crippen LogP contribution is 2.20. The number of primary amides is 1. The van der Waals surface area contributed by atoms with Crippen LogP contribution in [0, 0.1) is 0 Å². The molecule has 10 nitrogen and oxygen atoms in total. The Hall–Kier alpha value is -4.47. The summed E-state index contributed by atoms with van der Waals surface area (Å²) in [5, 5.41) is 3.08. The molecule has 150 valence electrons. The van der Waals surface area contributed by atoms with Crippen molar-refractivity contribution in [3.05, 3.63) is 71.3 Å². The van der Waals surface area contributed by atoms with Gasteiger partial charge in [-0.3, -0.25) is 9.36 Å². The van der Waals surface area contributed by atoms with Crippen LogP contribution >= 0.6 is 0 Å². The molecule has 0 aliphatic carbocycles. The van der Waals surface area contributed by atoms with E-state index in [1.807, 2.05) is 12.1 Å². The van der Waals surface area contributed by atoms with E-state index in [1.54, 1.807) is 31.4 Å². The molecule has 1 amide bonds. The van der Waals surface area contributed by atoms with E-state index < -0.39 is 6.09 Å². The van der Waals surface area contributed by atoms with E-state index in [-0.39, 0.29) is 11.3 Å². The van der Waals surface area contributed by atoms with Crippen LogP contribution in [-0.2, 0) is 0 Å². The topological polar surface area (TPSA) is 134 Å². The van der Waals surface area contributed by atoms with Crippen molar-refractivity contribution in [3.63, 3.8) is 0 Å². The van der Waals surface area contributed by atoms with Crippen molar-refractivity contribution < 1.29 is 14.3 Å². The Kier molecular flexibility index (Phi) is 4.95. The largest absolute Gasteiger partial charge is 0.497 e. The van der Waals surface area contributed by atoms with E-state index in [4.69, 9.17) is 15.2 Å². The minimum absolute atomic E-state index is 0.258. The molecule has 4 rings (SSSR count). The standard InChI is InChI=1S/C20H16N6O4/c1-29-14-6-2-12(3-7-14)24-20-23-10-16-18(25-20)26(17(27)11-22-16)13-4-8-15(9-5-13)30-19(21)28/h2-11H,1H3,(H2,21,28)(H,23,24,25). The molecule has 0 atom stereocenters. The number of methoxy groups -OCH3 is 1. The fourth-order valence-electron chi connectivity index (χ4n) is 2.80. The van der Waals surface area contributed by atoms with Crippen LogP contribution in [0.5, 0.6) is 11.5 Å². The SMILES string of the molecule is COc1ccc(Nc2ncc3ncc(=O)n(-c4ccc(OC(N)=O)cc4)c3n2)cc1. The van der Waals surface area contributed by atoms with Gasteiger partial charge in [0.25, 0.3) is 5.56 Å². The van der Waals surface area contributed by atoms with E-state index in [1.165, 1.54) is 29.1 Å². The van der Waals surface area contributed by atoms with E-state index in [9.17, 15) is 9.59 Å². The molecule has 3 N–H and O–H groups in total. The average molecular weight is 404 g/mol. The third-order valence-corrected chi connectivity index (χ3v) is 4.16. The smallest absolute Gasteiger partial charge is 0.409 e. The van der Waals surface area contributed by atoms with Gasteiger partial charge in [0, 0.05) is 5.69 Å². The number of aromatic nitrogens is 4. The van der Waals surface area contributed by atoms with Gasteiger partial charge in [0.15, 0.2) is 5.65 Å². The molecule has 0 aliphatic rings. The van der Waals surface area contributed by atoms with Gasteiger partial charge in [0.1, 0.15) is 17.0 Å². The van der Waals surface area contributed by atoms with Gasteiger partial charge in [-0.1, -0.05) is 0 Å². The van der Waals surface area contributed by atoms with Gasteiger partial charge in [0.2, 0.25) is 5.95 Å². The number of nitrogens with zero attached hydrogens (tertiary/aromatic N) is 4. The van der Waals surface area contributed by atoms with Crippen molar-refractivity contribution in [2.24, 2.45) is 5.73 Å². The summed E-state index contributed by atoms with van der Waals surface area (Å²) in [7, 11) is 1.59. The number of fused-ring (bicyclic) bond motifs is 1. The maximum absolute atomic E-state index is 12.5. The summed E-state index contributed by atoms with van der Waals surface area (Å²) < 4.78 is 11.4. The molecule has 10 heteroatoms. The van der Waals surface area contributed by atoms with E-state index in [2.05, 4.69) is 20.3 Å². The molecule has 0 aliphatic heterocycles. The van der Waals surface area contributed by atoms with E-state index >= 15 is 0 Å². The first kappa shape index (κ1) is 18.9.